The summed E-state index contributed by atoms with van der Waals surface area (Å²) in [5.74, 6) is -0.00486. The Morgan fingerprint density at radius 1 is 1.42 bits per heavy atom. The van der Waals surface area contributed by atoms with Crippen LogP contribution in [0.25, 0.3) is 0 Å². The third kappa shape index (κ3) is 3.12. The first kappa shape index (κ1) is 13.6. The molecule has 2 rings (SSSR count). The highest BCUT2D eigenvalue weighted by molar-refractivity contribution is 5.97. The standard InChI is InChI=1S/C15H19N3O/c1-11-3-5-13(6-4-11)18-10-8-12(2)17-14(7-9-16)15(18)19/h3-6,12,14,17H,7-8,10H2,1-2H3. The van der Waals surface area contributed by atoms with E-state index >= 15 is 0 Å². The second-order valence-corrected chi connectivity index (χ2v) is 5.10. The van der Waals surface area contributed by atoms with E-state index in [0.717, 1.165) is 12.1 Å². The molecule has 100 valence electrons. The molecule has 1 aliphatic heterocycles. The Bertz CT molecular complexity index is 489. The zero-order valence-corrected chi connectivity index (χ0v) is 11.4. The smallest absolute Gasteiger partial charge is 0.245 e. The maximum absolute atomic E-state index is 12.5. The molecule has 19 heavy (non-hydrogen) atoms. The van der Waals surface area contributed by atoms with E-state index in [1.807, 2.05) is 31.2 Å². The van der Waals surface area contributed by atoms with Crippen molar-refractivity contribution >= 4 is 11.6 Å². The van der Waals surface area contributed by atoms with Crippen LogP contribution in [0, 0.1) is 18.3 Å². The molecular weight excluding hydrogens is 238 g/mol. The lowest BCUT2D eigenvalue weighted by Crippen LogP contribution is -2.45. The van der Waals surface area contributed by atoms with E-state index in [1.54, 1.807) is 4.90 Å². The van der Waals surface area contributed by atoms with E-state index < -0.39 is 6.04 Å². The van der Waals surface area contributed by atoms with Crippen LogP contribution in [0.3, 0.4) is 0 Å². The van der Waals surface area contributed by atoms with Crippen LogP contribution in [0.2, 0.25) is 0 Å². The van der Waals surface area contributed by atoms with Gasteiger partial charge in [0.25, 0.3) is 0 Å². The summed E-state index contributed by atoms with van der Waals surface area (Å²) in [7, 11) is 0. The fourth-order valence-corrected chi connectivity index (χ4v) is 2.34. The molecule has 0 aromatic heterocycles. The lowest BCUT2D eigenvalue weighted by molar-refractivity contribution is -0.120. The van der Waals surface area contributed by atoms with Crippen molar-refractivity contribution in [2.24, 2.45) is 0 Å². The molecule has 1 N–H and O–H groups in total. The minimum absolute atomic E-state index is 0.00486. The highest BCUT2D eigenvalue weighted by atomic mass is 16.2. The number of rotatable bonds is 2. The van der Waals surface area contributed by atoms with Gasteiger partial charge in [0.15, 0.2) is 0 Å². The summed E-state index contributed by atoms with van der Waals surface area (Å²) in [6.07, 6.45) is 1.10. The van der Waals surface area contributed by atoms with E-state index in [0.29, 0.717) is 6.54 Å². The van der Waals surface area contributed by atoms with Gasteiger partial charge in [-0.25, -0.2) is 0 Å². The number of nitriles is 1. The Kier molecular flexibility index (Phi) is 4.18. The molecule has 2 atom stereocenters. The number of nitrogens with zero attached hydrogens (tertiary/aromatic N) is 2. The molecule has 1 fully saturated rings. The van der Waals surface area contributed by atoms with Crippen molar-refractivity contribution in [1.29, 1.82) is 5.26 Å². The maximum Gasteiger partial charge on any atom is 0.245 e. The molecule has 0 aliphatic carbocycles. The van der Waals surface area contributed by atoms with Gasteiger partial charge in [-0.05, 0) is 32.4 Å². The van der Waals surface area contributed by atoms with Gasteiger partial charge in [-0.15, -0.1) is 0 Å². The fraction of sp³-hybridized carbons (Fsp3) is 0.467. The second-order valence-electron chi connectivity index (χ2n) is 5.10. The average molecular weight is 257 g/mol. The van der Waals surface area contributed by atoms with Crippen LogP contribution in [0.1, 0.15) is 25.3 Å². The molecule has 4 nitrogen and oxygen atoms in total. The number of carbonyl (C=O) groups is 1. The number of amides is 1. The van der Waals surface area contributed by atoms with E-state index in [9.17, 15) is 4.79 Å². The Morgan fingerprint density at radius 3 is 2.74 bits per heavy atom. The van der Waals surface area contributed by atoms with Crippen molar-refractivity contribution in [3.05, 3.63) is 29.8 Å². The Balaban J connectivity index is 2.25. The summed E-state index contributed by atoms with van der Waals surface area (Å²) in [4.78, 5) is 14.3. The molecule has 0 bridgehead atoms. The molecule has 0 saturated carbocycles. The van der Waals surface area contributed by atoms with Gasteiger partial charge in [0.1, 0.15) is 6.04 Å². The zero-order valence-electron chi connectivity index (χ0n) is 11.4. The third-order valence-electron chi connectivity index (χ3n) is 3.48. The molecule has 0 spiro atoms. The van der Waals surface area contributed by atoms with Gasteiger partial charge in [0.05, 0.1) is 12.5 Å². The van der Waals surface area contributed by atoms with Crippen molar-refractivity contribution in [2.75, 3.05) is 11.4 Å². The molecule has 1 heterocycles. The molecule has 1 saturated heterocycles. The number of hydrogen-bond donors (Lipinski definition) is 1. The number of aryl methyl sites for hydroxylation is 1. The Hall–Kier alpha value is -1.86. The lowest BCUT2D eigenvalue weighted by Gasteiger charge is -2.23. The van der Waals surface area contributed by atoms with Crippen LogP contribution in [0.4, 0.5) is 5.69 Å². The monoisotopic (exact) mass is 257 g/mol. The Morgan fingerprint density at radius 2 is 2.11 bits per heavy atom. The molecular formula is C15H19N3O. The highest BCUT2D eigenvalue weighted by Crippen LogP contribution is 2.20. The number of benzene rings is 1. The van der Waals surface area contributed by atoms with Crippen LogP contribution in [-0.4, -0.2) is 24.5 Å². The minimum atomic E-state index is -0.399. The predicted molar refractivity (Wildman–Crippen MR) is 74.8 cm³/mol. The fourth-order valence-electron chi connectivity index (χ4n) is 2.34. The first-order chi connectivity index (χ1) is 9.11. The Labute approximate surface area is 114 Å². The summed E-state index contributed by atoms with van der Waals surface area (Å²) in [6.45, 7) is 4.77. The van der Waals surface area contributed by atoms with Crippen LogP contribution in [0.5, 0.6) is 0 Å². The molecule has 1 aliphatic rings. The number of nitrogens with one attached hydrogen (secondary N) is 1. The zero-order chi connectivity index (χ0) is 13.8. The first-order valence-corrected chi connectivity index (χ1v) is 6.63. The number of anilines is 1. The van der Waals surface area contributed by atoms with E-state index in [2.05, 4.69) is 18.3 Å². The van der Waals surface area contributed by atoms with Gasteiger partial charge >= 0.3 is 0 Å². The van der Waals surface area contributed by atoms with Gasteiger partial charge < -0.3 is 10.2 Å². The second kappa shape index (κ2) is 5.85. The summed E-state index contributed by atoms with van der Waals surface area (Å²) in [5.41, 5.74) is 2.08. The summed E-state index contributed by atoms with van der Waals surface area (Å²) in [6, 6.07) is 9.87. The van der Waals surface area contributed by atoms with Crippen molar-refractivity contribution in [3.8, 4) is 6.07 Å². The van der Waals surface area contributed by atoms with E-state index in [-0.39, 0.29) is 18.4 Å². The van der Waals surface area contributed by atoms with Gasteiger partial charge in [-0.3, -0.25) is 4.79 Å². The van der Waals surface area contributed by atoms with Gasteiger partial charge in [-0.2, -0.15) is 5.26 Å². The predicted octanol–water partition coefficient (Wildman–Crippen LogP) is 1.99. The van der Waals surface area contributed by atoms with Gasteiger partial charge in [-0.1, -0.05) is 17.7 Å². The van der Waals surface area contributed by atoms with Crippen LogP contribution < -0.4 is 10.2 Å². The summed E-state index contributed by atoms with van der Waals surface area (Å²) in [5, 5.41) is 12.1. The molecule has 1 aromatic carbocycles. The number of hydrogen-bond acceptors (Lipinski definition) is 3. The minimum Gasteiger partial charge on any atom is -0.311 e. The molecule has 0 radical (unpaired) electrons. The average Bonchev–Trinajstić information content (AvgIpc) is 2.52. The van der Waals surface area contributed by atoms with Gasteiger partial charge in [0.2, 0.25) is 5.91 Å². The summed E-state index contributed by atoms with van der Waals surface area (Å²) < 4.78 is 0. The SMILES string of the molecule is Cc1ccc(N2CCC(C)NC(CC#N)C2=O)cc1. The number of carbonyl (C=O) groups excluding carboxylic acids is 1. The van der Waals surface area contributed by atoms with E-state index in [4.69, 9.17) is 5.26 Å². The van der Waals surface area contributed by atoms with Crippen molar-refractivity contribution < 1.29 is 4.79 Å². The summed E-state index contributed by atoms with van der Waals surface area (Å²) >= 11 is 0. The van der Waals surface area contributed by atoms with E-state index in [1.165, 1.54) is 5.56 Å². The maximum atomic E-state index is 12.5. The van der Waals surface area contributed by atoms with Crippen LogP contribution in [-0.2, 0) is 4.79 Å². The third-order valence-corrected chi connectivity index (χ3v) is 3.48. The largest absolute Gasteiger partial charge is 0.311 e. The molecule has 4 heteroatoms. The van der Waals surface area contributed by atoms with Crippen LogP contribution in [0.15, 0.2) is 24.3 Å². The highest BCUT2D eigenvalue weighted by Gasteiger charge is 2.29. The van der Waals surface area contributed by atoms with Crippen molar-refractivity contribution in [3.63, 3.8) is 0 Å². The quantitative estimate of drug-likeness (QED) is 0.881. The molecule has 1 amide bonds. The molecule has 2 unspecified atom stereocenters. The normalized spacial score (nSPS) is 23.8. The molecule has 1 aromatic rings. The van der Waals surface area contributed by atoms with Crippen molar-refractivity contribution in [1.82, 2.24) is 5.32 Å². The van der Waals surface area contributed by atoms with Crippen LogP contribution >= 0.6 is 0 Å². The first-order valence-electron chi connectivity index (χ1n) is 6.63. The topological polar surface area (TPSA) is 56.1 Å². The van der Waals surface area contributed by atoms with Gasteiger partial charge in [0, 0.05) is 18.3 Å². The lowest BCUT2D eigenvalue weighted by atomic mass is 10.1. The van der Waals surface area contributed by atoms with Crippen molar-refractivity contribution in [2.45, 2.75) is 38.8 Å².